The molecule has 2 rings (SSSR count). The SMILES string of the molecule is CCC[C@H]1CN(S(C)(=O)=O)CC1C(=O)[C@@H]1CCCN1C. The molecule has 20 heavy (non-hydrogen) atoms. The maximum absolute atomic E-state index is 12.8. The number of ketones is 1. The smallest absolute Gasteiger partial charge is 0.211 e. The lowest BCUT2D eigenvalue weighted by Gasteiger charge is -2.24. The normalized spacial score (nSPS) is 32.9. The quantitative estimate of drug-likeness (QED) is 0.759. The predicted octanol–water partition coefficient (Wildman–Crippen LogP) is 0.957. The van der Waals surface area contributed by atoms with Crippen LogP contribution >= 0.6 is 0 Å². The van der Waals surface area contributed by atoms with Crippen molar-refractivity contribution in [2.75, 3.05) is 32.9 Å². The molecule has 5 nitrogen and oxygen atoms in total. The molecule has 0 amide bonds. The first-order chi connectivity index (χ1) is 9.34. The Balaban J connectivity index is 2.13. The summed E-state index contributed by atoms with van der Waals surface area (Å²) in [5.41, 5.74) is 0. The highest BCUT2D eigenvalue weighted by Gasteiger charge is 2.43. The molecule has 0 aliphatic carbocycles. The van der Waals surface area contributed by atoms with E-state index in [1.54, 1.807) is 0 Å². The van der Waals surface area contributed by atoms with Crippen molar-refractivity contribution in [3.05, 3.63) is 0 Å². The van der Waals surface area contributed by atoms with E-state index in [1.807, 2.05) is 7.05 Å². The van der Waals surface area contributed by atoms with Crippen molar-refractivity contribution in [2.45, 2.75) is 38.6 Å². The van der Waals surface area contributed by atoms with Crippen LogP contribution in [0, 0.1) is 11.8 Å². The van der Waals surface area contributed by atoms with Gasteiger partial charge in [0.05, 0.1) is 12.3 Å². The fourth-order valence-electron chi connectivity index (χ4n) is 3.60. The summed E-state index contributed by atoms with van der Waals surface area (Å²) >= 11 is 0. The van der Waals surface area contributed by atoms with Gasteiger partial charge in [-0.15, -0.1) is 0 Å². The van der Waals surface area contributed by atoms with Crippen LogP contribution in [0.15, 0.2) is 0 Å². The molecular weight excluding hydrogens is 276 g/mol. The Morgan fingerprint density at radius 3 is 2.50 bits per heavy atom. The fraction of sp³-hybridized carbons (Fsp3) is 0.929. The molecule has 2 aliphatic rings. The number of Topliss-reactive ketones (excluding diaryl/α,β-unsaturated/α-hetero) is 1. The van der Waals surface area contributed by atoms with E-state index in [0.717, 1.165) is 32.2 Å². The minimum absolute atomic E-state index is 0.00105. The lowest BCUT2D eigenvalue weighted by atomic mass is 9.85. The van der Waals surface area contributed by atoms with Crippen LogP contribution in [0.4, 0.5) is 0 Å². The third-order valence-electron chi connectivity index (χ3n) is 4.75. The van der Waals surface area contributed by atoms with Crippen molar-refractivity contribution in [2.24, 2.45) is 11.8 Å². The molecule has 1 unspecified atom stereocenters. The highest BCUT2D eigenvalue weighted by atomic mass is 32.2. The predicted molar refractivity (Wildman–Crippen MR) is 79.0 cm³/mol. The van der Waals surface area contributed by atoms with Gasteiger partial charge in [-0.05, 0) is 38.8 Å². The Kier molecular flexibility index (Phi) is 4.87. The Bertz CT molecular complexity index is 463. The van der Waals surface area contributed by atoms with E-state index in [9.17, 15) is 13.2 Å². The maximum atomic E-state index is 12.8. The Labute approximate surface area is 122 Å². The van der Waals surface area contributed by atoms with Crippen LogP contribution in [0.2, 0.25) is 0 Å². The van der Waals surface area contributed by atoms with Crippen molar-refractivity contribution in [3.8, 4) is 0 Å². The van der Waals surface area contributed by atoms with Crippen molar-refractivity contribution in [3.63, 3.8) is 0 Å². The van der Waals surface area contributed by atoms with Crippen molar-refractivity contribution in [1.82, 2.24) is 9.21 Å². The zero-order chi connectivity index (χ0) is 14.9. The molecule has 2 aliphatic heterocycles. The van der Waals surface area contributed by atoms with E-state index in [4.69, 9.17) is 0 Å². The van der Waals surface area contributed by atoms with Crippen LogP contribution in [0.25, 0.3) is 0 Å². The zero-order valence-corrected chi connectivity index (χ0v) is 13.5. The topological polar surface area (TPSA) is 57.7 Å². The van der Waals surface area contributed by atoms with Gasteiger partial charge in [-0.2, -0.15) is 0 Å². The molecule has 0 saturated carbocycles. The minimum atomic E-state index is -3.19. The molecular formula is C14H26N2O3S. The van der Waals surface area contributed by atoms with Gasteiger partial charge in [-0.25, -0.2) is 12.7 Å². The second-order valence-electron chi connectivity index (χ2n) is 6.28. The van der Waals surface area contributed by atoms with Gasteiger partial charge in [0.25, 0.3) is 0 Å². The summed E-state index contributed by atoms with van der Waals surface area (Å²) in [4.78, 5) is 14.9. The van der Waals surface area contributed by atoms with Gasteiger partial charge in [-0.1, -0.05) is 13.3 Å². The van der Waals surface area contributed by atoms with Gasteiger partial charge < -0.3 is 0 Å². The van der Waals surface area contributed by atoms with E-state index >= 15 is 0 Å². The number of nitrogens with zero attached hydrogens (tertiary/aromatic N) is 2. The third-order valence-corrected chi connectivity index (χ3v) is 5.99. The number of likely N-dealkylation sites (tertiary alicyclic amines) is 1. The molecule has 0 N–H and O–H groups in total. The summed E-state index contributed by atoms with van der Waals surface area (Å²) in [6.07, 6.45) is 5.15. The number of rotatable bonds is 5. The number of hydrogen-bond donors (Lipinski definition) is 0. The second kappa shape index (κ2) is 6.12. The van der Waals surface area contributed by atoms with Gasteiger partial charge >= 0.3 is 0 Å². The largest absolute Gasteiger partial charge is 0.298 e. The van der Waals surface area contributed by atoms with E-state index in [-0.39, 0.29) is 23.7 Å². The Hall–Kier alpha value is -0.460. The molecule has 2 fully saturated rings. The lowest BCUT2D eigenvalue weighted by Crippen LogP contribution is -2.40. The van der Waals surface area contributed by atoms with Crippen molar-refractivity contribution in [1.29, 1.82) is 0 Å². The molecule has 2 saturated heterocycles. The number of likely N-dealkylation sites (N-methyl/N-ethyl adjacent to an activating group) is 1. The van der Waals surface area contributed by atoms with Crippen LogP contribution < -0.4 is 0 Å². The molecule has 0 radical (unpaired) electrons. The zero-order valence-electron chi connectivity index (χ0n) is 12.7. The number of hydrogen-bond acceptors (Lipinski definition) is 4. The molecule has 6 heteroatoms. The first-order valence-corrected chi connectivity index (χ1v) is 9.38. The highest BCUT2D eigenvalue weighted by Crippen LogP contribution is 2.32. The molecule has 0 aromatic heterocycles. The highest BCUT2D eigenvalue weighted by molar-refractivity contribution is 7.88. The van der Waals surface area contributed by atoms with E-state index in [0.29, 0.717) is 13.1 Å². The minimum Gasteiger partial charge on any atom is -0.298 e. The summed E-state index contributed by atoms with van der Waals surface area (Å²) in [7, 11) is -1.20. The third kappa shape index (κ3) is 3.23. The lowest BCUT2D eigenvalue weighted by molar-refractivity contribution is -0.127. The Morgan fingerprint density at radius 1 is 1.30 bits per heavy atom. The summed E-state index contributed by atoms with van der Waals surface area (Å²) in [6, 6.07) is -0.00105. The van der Waals surface area contributed by atoms with E-state index < -0.39 is 10.0 Å². The van der Waals surface area contributed by atoms with Gasteiger partial charge in [0, 0.05) is 19.0 Å². The van der Waals surface area contributed by atoms with Crippen molar-refractivity contribution < 1.29 is 13.2 Å². The second-order valence-corrected chi connectivity index (χ2v) is 8.26. The van der Waals surface area contributed by atoms with Crippen LogP contribution in [0.3, 0.4) is 0 Å². The van der Waals surface area contributed by atoms with Gasteiger partial charge in [0.15, 0.2) is 5.78 Å². The molecule has 0 aromatic rings. The van der Waals surface area contributed by atoms with Gasteiger partial charge in [-0.3, -0.25) is 9.69 Å². The molecule has 2 heterocycles. The van der Waals surface area contributed by atoms with Crippen molar-refractivity contribution >= 4 is 15.8 Å². The van der Waals surface area contributed by atoms with Crippen LogP contribution in [-0.2, 0) is 14.8 Å². The Morgan fingerprint density at radius 2 is 2.00 bits per heavy atom. The monoisotopic (exact) mass is 302 g/mol. The average Bonchev–Trinajstić information content (AvgIpc) is 2.94. The number of sulfonamides is 1. The van der Waals surface area contributed by atoms with Gasteiger partial charge in [0.2, 0.25) is 10.0 Å². The standard InChI is InChI=1S/C14H26N2O3S/c1-4-6-11-9-16(20(3,18)19)10-12(11)14(17)13-7-5-8-15(13)2/h11-13H,4-10H2,1-3H3/t11-,12?,13-/m0/s1. The summed E-state index contributed by atoms with van der Waals surface area (Å²) in [5.74, 6) is 0.334. The van der Waals surface area contributed by atoms with E-state index in [1.165, 1.54) is 10.6 Å². The molecule has 116 valence electrons. The molecule has 0 spiro atoms. The summed E-state index contributed by atoms with van der Waals surface area (Å²) in [5, 5.41) is 0. The molecule has 0 aromatic carbocycles. The molecule has 3 atom stereocenters. The summed E-state index contributed by atoms with van der Waals surface area (Å²) < 4.78 is 25.0. The number of carbonyl (C=O) groups excluding carboxylic acids is 1. The van der Waals surface area contributed by atoms with Crippen LogP contribution in [0.1, 0.15) is 32.6 Å². The first kappa shape index (κ1) is 15.9. The number of carbonyl (C=O) groups is 1. The van der Waals surface area contributed by atoms with Crippen LogP contribution in [0.5, 0.6) is 0 Å². The molecule has 0 bridgehead atoms. The maximum Gasteiger partial charge on any atom is 0.211 e. The van der Waals surface area contributed by atoms with Crippen LogP contribution in [-0.4, -0.2) is 62.4 Å². The van der Waals surface area contributed by atoms with Gasteiger partial charge in [0.1, 0.15) is 0 Å². The van der Waals surface area contributed by atoms with E-state index in [2.05, 4.69) is 11.8 Å². The first-order valence-electron chi connectivity index (χ1n) is 7.53. The average molecular weight is 302 g/mol. The fourth-order valence-corrected chi connectivity index (χ4v) is 4.50. The summed E-state index contributed by atoms with van der Waals surface area (Å²) in [6.45, 7) is 3.95.